The van der Waals surface area contributed by atoms with E-state index < -0.39 is 34.7 Å². The summed E-state index contributed by atoms with van der Waals surface area (Å²) in [6.07, 6.45) is -8.29. The third-order valence-corrected chi connectivity index (χ3v) is 1.84. The third-order valence-electron chi connectivity index (χ3n) is 1.54. The van der Waals surface area contributed by atoms with Crippen LogP contribution in [0, 0.1) is 0 Å². The first-order valence-electron chi connectivity index (χ1n) is 3.54. The highest BCUT2D eigenvalue weighted by atomic mass is 35.5. The normalized spacial score (nSPS) is 12.2. The molecule has 2 nitrogen and oxygen atoms in total. The molecule has 2 N–H and O–H groups in total. The van der Waals surface area contributed by atoms with Gasteiger partial charge >= 0.3 is 6.18 Å². The average molecular weight is 247 g/mol. The summed E-state index contributed by atoms with van der Waals surface area (Å²) in [4.78, 5) is 2.80. The van der Waals surface area contributed by atoms with E-state index in [4.69, 9.17) is 17.3 Å². The van der Waals surface area contributed by atoms with Gasteiger partial charge in [0, 0.05) is 0 Å². The van der Waals surface area contributed by atoms with E-state index in [1.54, 1.807) is 0 Å². The van der Waals surface area contributed by atoms with Crippen molar-refractivity contribution < 1.29 is 22.0 Å². The van der Waals surface area contributed by atoms with E-state index in [9.17, 15) is 22.0 Å². The number of hydrogen-bond acceptors (Lipinski definition) is 2. The summed E-state index contributed by atoms with van der Waals surface area (Å²) in [5.41, 5.74) is 1.67. The number of nitrogen functional groups attached to an aromatic ring is 1. The molecule has 0 unspecified atom stereocenters. The second kappa shape index (κ2) is 3.80. The zero-order valence-corrected chi connectivity index (χ0v) is 7.70. The van der Waals surface area contributed by atoms with Crippen molar-refractivity contribution in [2.24, 2.45) is 0 Å². The van der Waals surface area contributed by atoms with Gasteiger partial charge in [0.1, 0.15) is 0 Å². The molecule has 1 aromatic rings. The maximum atomic E-state index is 12.2. The van der Waals surface area contributed by atoms with Gasteiger partial charge in [-0.1, -0.05) is 11.6 Å². The highest BCUT2D eigenvalue weighted by molar-refractivity contribution is 6.31. The minimum absolute atomic E-state index is 0.417. The first-order chi connectivity index (χ1) is 6.73. The van der Waals surface area contributed by atoms with E-state index in [1.807, 2.05) is 0 Å². The zero-order chi connectivity index (χ0) is 11.8. The van der Waals surface area contributed by atoms with Crippen LogP contribution >= 0.6 is 11.6 Å². The van der Waals surface area contributed by atoms with Gasteiger partial charge in [-0.15, -0.1) is 0 Å². The van der Waals surface area contributed by atoms with Gasteiger partial charge in [0.15, 0.2) is 10.8 Å². The highest BCUT2D eigenvalue weighted by Gasteiger charge is 2.38. The Morgan fingerprint density at radius 2 is 1.87 bits per heavy atom. The molecule has 0 bridgehead atoms. The number of hydrogen-bond donors (Lipinski definition) is 1. The fraction of sp³-hybridized carbons (Fsp3) is 0.286. The molecule has 0 atom stereocenters. The number of nitrogens with two attached hydrogens (primary N) is 1. The monoisotopic (exact) mass is 246 g/mol. The molecule has 8 heteroatoms. The van der Waals surface area contributed by atoms with Crippen molar-refractivity contribution in [2.45, 2.75) is 12.6 Å². The van der Waals surface area contributed by atoms with E-state index in [2.05, 4.69) is 4.98 Å². The lowest BCUT2D eigenvalue weighted by Gasteiger charge is -2.12. The Labute approximate surface area is 85.9 Å². The average Bonchev–Trinajstić information content (AvgIpc) is 2.06. The largest absolute Gasteiger partial charge is 0.433 e. The third kappa shape index (κ3) is 2.47. The predicted octanol–water partition coefficient (Wildman–Crippen LogP) is 3.27. The van der Waals surface area contributed by atoms with Gasteiger partial charge in [-0.2, -0.15) is 13.2 Å². The van der Waals surface area contributed by atoms with Crippen molar-refractivity contribution >= 4 is 17.3 Å². The SMILES string of the molecule is Nc1cc(C(F)F)c(C(F)(F)F)nc1Cl. The number of halogens is 6. The molecular formula is C7H4ClF5N2. The fourth-order valence-corrected chi connectivity index (χ4v) is 1.06. The number of alkyl halides is 5. The minimum atomic E-state index is -4.98. The quantitative estimate of drug-likeness (QED) is 0.610. The Morgan fingerprint density at radius 1 is 1.33 bits per heavy atom. The summed E-state index contributed by atoms with van der Waals surface area (Å²) in [5.74, 6) is 0. The van der Waals surface area contributed by atoms with Crippen molar-refractivity contribution in [3.05, 3.63) is 22.5 Å². The second-order valence-corrected chi connectivity index (χ2v) is 2.96. The van der Waals surface area contributed by atoms with E-state index >= 15 is 0 Å². The Kier molecular flexibility index (Phi) is 3.03. The number of anilines is 1. The lowest BCUT2D eigenvalue weighted by molar-refractivity contribution is -0.143. The van der Waals surface area contributed by atoms with Gasteiger partial charge in [0.25, 0.3) is 6.43 Å². The van der Waals surface area contributed by atoms with Gasteiger partial charge in [-0.3, -0.25) is 0 Å². The molecular weight excluding hydrogens is 243 g/mol. The lowest BCUT2D eigenvalue weighted by atomic mass is 10.2. The van der Waals surface area contributed by atoms with Crippen LogP contribution in [0.2, 0.25) is 5.15 Å². The predicted molar refractivity (Wildman–Crippen MR) is 43.6 cm³/mol. The van der Waals surface area contributed by atoms with E-state index in [0.717, 1.165) is 0 Å². The van der Waals surface area contributed by atoms with Gasteiger partial charge in [0.05, 0.1) is 11.3 Å². The number of pyridine rings is 1. The van der Waals surface area contributed by atoms with Crippen LogP contribution in [-0.4, -0.2) is 4.98 Å². The molecule has 1 aromatic heterocycles. The molecule has 1 heterocycles. The number of nitrogens with zero attached hydrogens (tertiary/aromatic N) is 1. The van der Waals surface area contributed by atoms with Gasteiger partial charge in [-0.05, 0) is 6.07 Å². The summed E-state index contributed by atoms with van der Waals surface area (Å²) >= 11 is 5.22. The zero-order valence-electron chi connectivity index (χ0n) is 6.95. The molecule has 1 rings (SSSR count). The van der Waals surface area contributed by atoms with E-state index in [0.29, 0.717) is 6.07 Å². The molecule has 0 saturated heterocycles. The van der Waals surface area contributed by atoms with Crippen LogP contribution in [0.25, 0.3) is 0 Å². The molecule has 15 heavy (non-hydrogen) atoms. The minimum Gasteiger partial charge on any atom is -0.396 e. The van der Waals surface area contributed by atoms with Crippen molar-refractivity contribution in [1.82, 2.24) is 4.98 Å². The molecule has 0 radical (unpaired) electrons. The van der Waals surface area contributed by atoms with Crippen LogP contribution in [0.4, 0.5) is 27.6 Å². The first-order valence-corrected chi connectivity index (χ1v) is 3.92. The standard InChI is InChI=1S/C7H4ClF5N2/c8-5-3(14)1-2(6(9)10)4(15-5)7(11,12)13/h1,6H,14H2. The summed E-state index contributed by atoms with van der Waals surface area (Å²) < 4.78 is 61.1. The van der Waals surface area contributed by atoms with Gasteiger partial charge in [-0.25, -0.2) is 13.8 Å². The smallest absolute Gasteiger partial charge is 0.396 e. The van der Waals surface area contributed by atoms with Crippen LogP contribution in [0.5, 0.6) is 0 Å². The van der Waals surface area contributed by atoms with E-state index in [-0.39, 0.29) is 0 Å². The molecule has 0 fully saturated rings. The van der Waals surface area contributed by atoms with Crippen molar-refractivity contribution in [3.63, 3.8) is 0 Å². The van der Waals surface area contributed by atoms with Gasteiger partial charge in [0.2, 0.25) is 0 Å². The van der Waals surface area contributed by atoms with E-state index in [1.165, 1.54) is 0 Å². The Hall–Kier alpha value is -1.11. The van der Waals surface area contributed by atoms with Crippen LogP contribution < -0.4 is 5.73 Å². The highest BCUT2D eigenvalue weighted by Crippen LogP contribution is 2.37. The maximum Gasteiger partial charge on any atom is 0.433 e. The second-order valence-electron chi connectivity index (χ2n) is 2.60. The van der Waals surface area contributed by atoms with Crippen LogP contribution in [0.15, 0.2) is 6.07 Å². The lowest BCUT2D eigenvalue weighted by Crippen LogP contribution is -2.13. The number of aromatic nitrogens is 1. The van der Waals surface area contributed by atoms with Crippen LogP contribution in [0.3, 0.4) is 0 Å². The number of rotatable bonds is 1. The molecule has 0 aliphatic rings. The van der Waals surface area contributed by atoms with Crippen LogP contribution in [0.1, 0.15) is 17.7 Å². The van der Waals surface area contributed by atoms with Gasteiger partial charge < -0.3 is 5.73 Å². The Balaban J connectivity index is 3.42. The molecule has 0 spiro atoms. The Bertz CT molecular complexity index is 376. The van der Waals surface area contributed by atoms with Crippen LogP contribution in [-0.2, 0) is 6.18 Å². The van der Waals surface area contributed by atoms with Crippen molar-refractivity contribution in [3.8, 4) is 0 Å². The summed E-state index contributed by atoms with van der Waals surface area (Å²) in [6.45, 7) is 0. The Morgan fingerprint density at radius 3 is 2.27 bits per heavy atom. The van der Waals surface area contributed by atoms with Crippen molar-refractivity contribution in [1.29, 1.82) is 0 Å². The fourth-order valence-electron chi connectivity index (χ4n) is 0.916. The molecule has 84 valence electrons. The molecule has 0 saturated carbocycles. The molecule has 0 aromatic carbocycles. The summed E-state index contributed by atoms with van der Waals surface area (Å²) in [6, 6.07) is 0.475. The molecule has 0 aliphatic carbocycles. The molecule has 0 aliphatic heterocycles. The summed E-state index contributed by atoms with van der Waals surface area (Å²) in [5, 5.41) is -0.647. The van der Waals surface area contributed by atoms with Crippen molar-refractivity contribution in [2.75, 3.05) is 5.73 Å². The maximum absolute atomic E-state index is 12.2. The first kappa shape index (κ1) is 12.0. The topological polar surface area (TPSA) is 38.9 Å². The molecule has 0 amide bonds. The summed E-state index contributed by atoms with van der Waals surface area (Å²) in [7, 11) is 0.